The van der Waals surface area contributed by atoms with Crippen LogP contribution in [0.5, 0.6) is 5.75 Å². The second-order valence-corrected chi connectivity index (χ2v) is 2.98. The first-order valence-corrected chi connectivity index (χ1v) is 4.08. The zero-order valence-corrected chi connectivity index (χ0v) is 7.84. The van der Waals surface area contributed by atoms with Gasteiger partial charge in [0.25, 0.3) is 0 Å². The van der Waals surface area contributed by atoms with E-state index in [1.807, 2.05) is 0 Å². The van der Waals surface area contributed by atoms with Gasteiger partial charge in [-0.1, -0.05) is 11.6 Å². The van der Waals surface area contributed by atoms with Crippen molar-refractivity contribution in [3.05, 3.63) is 28.8 Å². The molecule has 0 atom stereocenters. The van der Waals surface area contributed by atoms with Gasteiger partial charge in [0.2, 0.25) is 0 Å². The van der Waals surface area contributed by atoms with Crippen molar-refractivity contribution in [2.75, 3.05) is 0 Å². The van der Waals surface area contributed by atoms with E-state index in [9.17, 15) is 4.79 Å². The lowest BCUT2D eigenvalue weighted by Gasteiger charge is -2.03. The smallest absolute Gasteiger partial charge is 0.308 e. The Bertz CT molecular complexity index is 323. The molecular formula is C9H9ClO3. The van der Waals surface area contributed by atoms with Gasteiger partial charge in [0.1, 0.15) is 5.75 Å². The zero-order chi connectivity index (χ0) is 9.84. The summed E-state index contributed by atoms with van der Waals surface area (Å²) in [6.45, 7) is 1.17. The van der Waals surface area contributed by atoms with Crippen LogP contribution in [0.3, 0.4) is 0 Å². The lowest BCUT2D eigenvalue weighted by molar-refractivity contribution is -0.131. The number of aliphatic hydroxyl groups is 1. The Kier molecular flexibility index (Phi) is 3.28. The van der Waals surface area contributed by atoms with Gasteiger partial charge in [-0.2, -0.15) is 0 Å². The van der Waals surface area contributed by atoms with E-state index in [4.69, 9.17) is 21.4 Å². The van der Waals surface area contributed by atoms with Gasteiger partial charge in [-0.3, -0.25) is 4.79 Å². The lowest BCUT2D eigenvalue weighted by atomic mass is 10.2. The molecular weight excluding hydrogens is 192 g/mol. The monoisotopic (exact) mass is 200 g/mol. The number of ether oxygens (including phenoxy) is 1. The second-order valence-electron chi connectivity index (χ2n) is 2.55. The summed E-state index contributed by atoms with van der Waals surface area (Å²) < 4.78 is 4.80. The number of carbonyl (C=O) groups excluding carboxylic acids is 1. The summed E-state index contributed by atoms with van der Waals surface area (Å²) in [6, 6.07) is 4.68. The largest absolute Gasteiger partial charge is 0.427 e. The van der Waals surface area contributed by atoms with Crippen molar-refractivity contribution in [2.24, 2.45) is 0 Å². The fourth-order valence-corrected chi connectivity index (χ4v) is 1.18. The van der Waals surface area contributed by atoms with Gasteiger partial charge in [-0.05, 0) is 23.8 Å². The minimum Gasteiger partial charge on any atom is -0.427 e. The normalized spacial score (nSPS) is 9.77. The molecule has 0 amide bonds. The van der Waals surface area contributed by atoms with Crippen LogP contribution in [-0.4, -0.2) is 11.1 Å². The fraction of sp³-hybridized carbons (Fsp3) is 0.222. The highest BCUT2D eigenvalue weighted by Crippen LogP contribution is 2.21. The molecule has 0 spiro atoms. The van der Waals surface area contributed by atoms with Crippen LogP contribution < -0.4 is 4.74 Å². The molecule has 0 saturated carbocycles. The molecule has 0 fully saturated rings. The summed E-state index contributed by atoms with van der Waals surface area (Å²) in [7, 11) is 0. The molecule has 0 radical (unpaired) electrons. The highest BCUT2D eigenvalue weighted by molar-refractivity contribution is 6.30. The van der Waals surface area contributed by atoms with Crippen LogP contribution in [0, 0.1) is 0 Å². The molecule has 1 N–H and O–H groups in total. The van der Waals surface area contributed by atoms with Gasteiger partial charge in [0.15, 0.2) is 0 Å². The molecule has 0 aliphatic heterocycles. The molecule has 0 heterocycles. The molecule has 0 aliphatic carbocycles. The van der Waals surface area contributed by atoms with Crippen LogP contribution >= 0.6 is 11.6 Å². The molecule has 0 saturated heterocycles. The van der Waals surface area contributed by atoms with Gasteiger partial charge >= 0.3 is 5.97 Å². The number of benzene rings is 1. The SMILES string of the molecule is CC(=O)Oc1cc(Cl)cc(CO)c1. The van der Waals surface area contributed by atoms with Crippen molar-refractivity contribution < 1.29 is 14.6 Å². The maximum absolute atomic E-state index is 10.6. The molecule has 0 aromatic heterocycles. The Hall–Kier alpha value is -1.06. The highest BCUT2D eigenvalue weighted by atomic mass is 35.5. The number of aliphatic hydroxyl groups excluding tert-OH is 1. The maximum atomic E-state index is 10.6. The molecule has 4 heteroatoms. The van der Waals surface area contributed by atoms with Gasteiger partial charge in [0, 0.05) is 11.9 Å². The Morgan fingerprint density at radius 3 is 2.77 bits per heavy atom. The number of carbonyl (C=O) groups is 1. The fourth-order valence-electron chi connectivity index (χ4n) is 0.937. The predicted molar refractivity (Wildman–Crippen MR) is 48.7 cm³/mol. The van der Waals surface area contributed by atoms with E-state index >= 15 is 0 Å². The highest BCUT2D eigenvalue weighted by Gasteiger charge is 2.01. The first kappa shape index (κ1) is 10.0. The van der Waals surface area contributed by atoms with E-state index in [2.05, 4.69) is 0 Å². The van der Waals surface area contributed by atoms with Crippen molar-refractivity contribution in [1.82, 2.24) is 0 Å². The lowest BCUT2D eigenvalue weighted by Crippen LogP contribution is -2.01. The van der Waals surface area contributed by atoms with Crippen molar-refractivity contribution in [3.63, 3.8) is 0 Å². The van der Waals surface area contributed by atoms with Crippen molar-refractivity contribution >= 4 is 17.6 Å². The van der Waals surface area contributed by atoms with Crippen molar-refractivity contribution in [1.29, 1.82) is 0 Å². The quantitative estimate of drug-likeness (QED) is 0.585. The van der Waals surface area contributed by atoms with Gasteiger partial charge in [-0.25, -0.2) is 0 Å². The van der Waals surface area contributed by atoms with Gasteiger partial charge < -0.3 is 9.84 Å². The predicted octanol–water partition coefficient (Wildman–Crippen LogP) is 1.76. The summed E-state index contributed by atoms with van der Waals surface area (Å²) in [5, 5.41) is 9.25. The summed E-state index contributed by atoms with van der Waals surface area (Å²) >= 11 is 5.71. The summed E-state index contributed by atoms with van der Waals surface area (Å²) in [6.07, 6.45) is 0. The number of esters is 1. The molecule has 70 valence electrons. The van der Waals surface area contributed by atoms with Gasteiger partial charge in [0.05, 0.1) is 6.61 Å². The second kappa shape index (κ2) is 4.25. The molecule has 0 bridgehead atoms. The minimum atomic E-state index is -0.411. The third-order valence-corrected chi connectivity index (χ3v) is 1.59. The third-order valence-electron chi connectivity index (χ3n) is 1.38. The topological polar surface area (TPSA) is 46.5 Å². The Labute approximate surface area is 80.9 Å². The minimum absolute atomic E-state index is 0.130. The van der Waals surface area contributed by atoms with Crippen molar-refractivity contribution in [2.45, 2.75) is 13.5 Å². The van der Waals surface area contributed by atoms with E-state index < -0.39 is 5.97 Å². The number of hydrogen-bond donors (Lipinski definition) is 1. The molecule has 0 unspecified atom stereocenters. The number of halogens is 1. The molecule has 1 rings (SSSR count). The van der Waals surface area contributed by atoms with Crippen LogP contribution in [0.15, 0.2) is 18.2 Å². The van der Waals surface area contributed by atoms with Crippen LogP contribution in [0.25, 0.3) is 0 Å². The average molecular weight is 201 g/mol. The van der Waals surface area contributed by atoms with Crippen LogP contribution in [0.4, 0.5) is 0 Å². The Balaban J connectivity index is 2.94. The van der Waals surface area contributed by atoms with Crippen LogP contribution in [0.1, 0.15) is 12.5 Å². The number of rotatable bonds is 2. The van der Waals surface area contributed by atoms with E-state index in [0.29, 0.717) is 16.3 Å². The third kappa shape index (κ3) is 3.05. The standard InChI is InChI=1S/C9H9ClO3/c1-6(12)13-9-3-7(5-11)2-8(10)4-9/h2-4,11H,5H2,1H3. The summed E-state index contributed by atoms with van der Waals surface area (Å²) in [4.78, 5) is 10.6. The van der Waals surface area contributed by atoms with E-state index in [1.165, 1.54) is 13.0 Å². The van der Waals surface area contributed by atoms with E-state index in [0.717, 1.165) is 0 Å². The van der Waals surface area contributed by atoms with Crippen LogP contribution in [-0.2, 0) is 11.4 Å². The van der Waals surface area contributed by atoms with Gasteiger partial charge in [-0.15, -0.1) is 0 Å². The molecule has 1 aromatic carbocycles. The van der Waals surface area contributed by atoms with Crippen molar-refractivity contribution in [3.8, 4) is 5.75 Å². The molecule has 13 heavy (non-hydrogen) atoms. The molecule has 3 nitrogen and oxygen atoms in total. The first-order chi connectivity index (χ1) is 6.11. The summed E-state index contributed by atoms with van der Waals surface area (Å²) in [5.74, 6) is -0.0600. The maximum Gasteiger partial charge on any atom is 0.308 e. The molecule has 1 aromatic rings. The van der Waals surface area contributed by atoms with Crippen LogP contribution in [0.2, 0.25) is 5.02 Å². The zero-order valence-electron chi connectivity index (χ0n) is 7.08. The number of hydrogen-bond acceptors (Lipinski definition) is 3. The average Bonchev–Trinajstić information content (AvgIpc) is 2.01. The van der Waals surface area contributed by atoms with E-state index in [1.54, 1.807) is 12.1 Å². The first-order valence-electron chi connectivity index (χ1n) is 3.70. The Morgan fingerprint density at radius 1 is 1.54 bits per heavy atom. The Morgan fingerprint density at radius 2 is 2.23 bits per heavy atom. The van der Waals surface area contributed by atoms with E-state index in [-0.39, 0.29) is 6.61 Å². The molecule has 0 aliphatic rings. The summed E-state index contributed by atoms with van der Waals surface area (Å²) in [5.41, 5.74) is 0.615.